The molecule has 0 atom stereocenters. The molecule has 0 aliphatic carbocycles. The molecule has 0 bridgehead atoms. The number of nitrogens with zero attached hydrogens (tertiary/aromatic N) is 1. The summed E-state index contributed by atoms with van der Waals surface area (Å²) in [6.07, 6.45) is 4.61. The van der Waals surface area contributed by atoms with E-state index in [2.05, 4.69) is 18.8 Å². The fourth-order valence-electron chi connectivity index (χ4n) is 1.20. The van der Waals surface area contributed by atoms with Crippen molar-refractivity contribution >= 4 is 0 Å². The third kappa shape index (κ3) is 2.22. The van der Waals surface area contributed by atoms with E-state index < -0.39 is 0 Å². The van der Waals surface area contributed by atoms with Crippen LogP contribution in [0.15, 0.2) is 18.5 Å². The average molecular weight is 165 g/mol. The minimum absolute atomic E-state index is 0.654. The van der Waals surface area contributed by atoms with E-state index in [-0.39, 0.29) is 0 Å². The molecule has 0 fully saturated rings. The number of ether oxygens (including phenoxy) is 1. The molecule has 0 unspecified atom stereocenters. The zero-order valence-corrected chi connectivity index (χ0v) is 7.87. The summed E-state index contributed by atoms with van der Waals surface area (Å²) in [5.74, 6) is 1.55. The number of pyridine rings is 1. The largest absolute Gasteiger partial charge is 0.495 e. The van der Waals surface area contributed by atoms with Gasteiger partial charge in [-0.2, -0.15) is 0 Å². The molecule has 0 spiro atoms. The molecule has 0 aromatic carbocycles. The number of rotatable bonds is 3. The summed E-state index contributed by atoms with van der Waals surface area (Å²) in [6.45, 7) is 4.39. The molecule has 0 N–H and O–H groups in total. The lowest BCUT2D eigenvalue weighted by atomic mass is 10.0. The Kier molecular flexibility index (Phi) is 3.09. The lowest BCUT2D eigenvalue weighted by Gasteiger charge is -2.08. The van der Waals surface area contributed by atoms with Crippen LogP contribution in [0.5, 0.6) is 5.75 Å². The lowest BCUT2D eigenvalue weighted by molar-refractivity contribution is 0.404. The third-order valence-electron chi connectivity index (χ3n) is 1.72. The van der Waals surface area contributed by atoms with E-state index >= 15 is 0 Å². The van der Waals surface area contributed by atoms with Crippen LogP contribution in [0.1, 0.15) is 19.4 Å². The van der Waals surface area contributed by atoms with Gasteiger partial charge in [0.15, 0.2) is 0 Å². The highest BCUT2D eigenvalue weighted by atomic mass is 16.5. The number of hydrogen-bond donors (Lipinski definition) is 0. The molecular weight excluding hydrogens is 150 g/mol. The van der Waals surface area contributed by atoms with Gasteiger partial charge in [-0.15, -0.1) is 0 Å². The van der Waals surface area contributed by atoms with Gasteiger partial charge in [-0.1, -0.05) is 13.8 Å². The van der Waals surface area contributed by atoms with E-state index in [9.17, 15) is 0 Å². The van der Waals surface area contributed by atoms with Gasteiger partial charge in [0.2, 0.25) is 0 Å². The first kappa shape index (κ1) is 9.04. The molecule has 2 heteroatoms. The SMILES string of the molecule is COc1cnccc1CC(C)C. The van der Waals surface area contributed by atoms with E-state index in [1.807, 2.05) is 6.07 Å². The quantitative estimate of drug-likeness (QED) is 0.685. The van der Waals surface area contributed by atoms with Crippen molar-refractivity contribution < 1.29 is 4.74 Å². The molecule has 0 aliphatic heterocycles. The highest BCUT2D eigenvalue weighted by Crippen LogP contribution is 2.18. The van der Waals surface area contributed by atoms with Crippen LogP contribution >= 0.6 is 0 Å². The second kappa shape index (κ2) is 4.10. The Balaban J connectivity index is 2.82. The maximum absolute atomic E-state index is 5.18. The predicted octanol–water partition coefficient (Wildman–Crippen LogP) is 2.29. The summed E-state index contributed by atoms with van der Waals surface area (Å²) in [7, 11) is 1.68. The molecule has 1 heterocycles. The van der Waals surface area contributed by atoms with Gasteiger partial charge in [-0.05, 0) is 24.0 Å². The van der Waals surface area contributed by atoms with Crippen LogP contribution in [0.3, 0.4) is 0 Å². The topological polar surface area (TPSA) is 22.1 Å². The number of aromatic nitrogens is 1. The van der Waals surface area contributed by atoms with Crippen molar-refractivity contribution in [2.75, 3.05) is 7.11 Å². The van der Waals surface area contributed by atoms with Gasteiger partial charge in [0, 0.05) is 6.20 Å². The lowest BCUT2D eigenvalue weighted by Crippen LogP contribution is -1.97. The van der Waals surface area contributed by atoms with Crippen LogP contribution in [-0.4, -0.2) is 12.1 Å². The summed E-state index contributed by atoms with van der Waals surface area (Å²) in [5.41, 5.74) is 1.24. The van der Waals surface area contributed by atoms with Crippen molar-refractivity contribution in [2.24, 2.45) is 5.92 Å². The van der Waals surface area contributed by atoms with Crippen molar-refractivity contribution in [3.63, 3.8) is 0 Å². The highest BCUT2D eigenvalue weighted by Gasteiger charge is 2.03. The summed E-state index contributed by atoms with van der Waals surface area (Å²) in [4.78, 5) is 4.00. The molecule has 66 valence electrons. The van der Waals surface area contributed by atoms with E-state index in [0.717, 1.165) is 12.2 Å². The molecular formula is C10H15NO. The molecule has 0 amide bonds. The minimum atomic E-state index is 0.654. The highest BCUT2D eigenvalue weighted by molar-refractivity contribution is 5.29. The van der Waals surface area contributed by atoms with Crippen LogP contribution in [0, 0.1) is 5.92 Å². The second-order valence-electron chi connectivity index (χ2n) is 3.29. The maximum atomic E-state index is 5.18. The Morgan fingerprint density at radius 1 is 1.50 bits per heavy atom. The standard InChI is InChI=1S/C10H15NO/c1-8(2)6-9-4-5-11-7-10(9)12-3/h4-5,7-8H,6H2,1-3H3. The molecule has 0 aliphatic rings. The van der Waals surface area contributed by atoms with Crippen LogP contribution in [0.25, 0.3) is 0 Å². The Bertz CT molecular complexity index is 245. The second-order valence-corrected chi connectivity index (χ2v) is 3.29. The Morgan fingerprint density at radius 3 is 2.83 bits per heavy atom. The minimum Gasteiger partial charge on any atom is -0.495 e. The normalized spacial score (nSPS) is 10.3. The molecule has 12 heavy (non-hydrogen) atoms. The Hall–Kier alpha value is -1.05. The van der Waals surface area contributed by atoms with Gasteiger partial charge >= 0.3 is 0 Å². The number of methoxy groups -OCH3 is 1. The van der Waals surface area contributed by atoms with Crippen LogP contribution in [0.2, 0.25) is 0 Å². The van der Waals surface area contributed by atoms with E-state index in [0.29, 0.717) is 5.92 Å². The predicted molar refractivity (Wildman–Crippen MR) is 49.3 cm³/mol. The molecule has 1 aromatic rings. The average Bonchev–Trinajstić information content (AvgIpc) is 2.04. The first-order chi connectivity index (χ1) is 5.74. The summed E-state index contributed by atoms with van der Waals surface area (Å²) in [5, 5.41) is 0. The van der Waals surface area contributed by atoms with Crippen LogP contribution in [0.4, 0.5) is 0 Å². The smallest absolute Gasteiger partial charge is 0.140 e. The number of hydrogen-bond acceptors (Lipinski definition) is 2. The molecule has 1 aromatic heterocycles. The first-order valence-electron chi connectivity index (χ1n) is 4.21. The molecule has 0 saturated heterocycles. The zero-order chi connectivity index (χ0) is 8.97. The van der Waals surface area contributed by atoms with Gasteiger partial charge in [0.1, 0.15) is 5.75 Å². The van der Waals surface area contributed by atoms with Crippen molar-refractivity contribution in [3.05, 3.63) is 24.0 Å². The van der Waals surface area contributed by atoms with Gasteiger partial charge in [-0.25, -0.2) is 0 Å². The van der Waals surface area contributed by atoms with E-state index in [1.165, 1.54) is 5.56 Å². The van der Waals surface area contributed by atoms with Gasteiger partial charge in [0.25, 0.3) is 0 Å². The Morgan fingerprint density at radius 2 is 2.25 bits per heavy atom. The zero-order valence-electron chi connectivity index (χ0n) is 7.87. The maximum Gasteiger partial charge on any atom is 0.140 e. The molecule has 2 nitrogen and oxygen atoms in total. The summed E-state index contributed by atoms with van der Waals surface area (Å²) in [6, 6.07) is 2.01. The first-order valence-corrected chi connectivity index (χ1v) is 4.21. The fourth-order valence-corrected chi connectivity index (χ4v) is 1.20. The van der Waals surface area contributed by atoms with Gasteiger partial charge in [0.05, 0.1) is 13.3 Å². The van der Waals surface area contributed by atoms with Crippen molar-refractivity contribution in [1.82, 2.24) is 4.98 Å². The van der Waals surface area contributed by atoms with Crippen LogP contribution < -0.4 is 4.74 Å². The molecule has 0 radical (unpaired) electrons. The van der Waals surface area contributed by atoms with Crippen molar-refractivity contribution in [1.29, 1.82) is 0 Å². The van der Waals surface area contributed by atoms with Crippen LogP contribution in [-0.2, 0) is 6.42 Å². The molecule has 0 saturated carbocycles. The summed E-state index contributed by atoms with van der Waals surface area (Å²) < 4.78 is 5.18. The molecule has 1 rings (SSSR count). The van der Waals surface area contributed by atoms with Gasteiger partial charge < -0.3 is 4.74 Å². The van der Waals surface area contributed by atoms with E-state index in [1.54, 1.807) is 19.5 Å². The fraction of sp³-hybridized carbons (Fsp3) is 0.500. The third-order valence-corrected chi connectivity index (χ3v) is 1.72. The van der Waals surface area contributed by atoms with E-state index in [4.69, 9.17) is 4.74 Å². The monoisotopic (exact) mass is 165 g/mol. The van der Waals surface area contributed by atoms with Crippen molar-refractivity contribution in [3.8, 4) is 5.75 Å². The van der Waals surface area contributed by atoms with Crippen molar-refractivity contribution in [2.45, 2.75) is 20.3 Å². The van der Waals surface area contributed by atoms with Gasteiger partial charge in [-0.3, -0.25) is 4.98 Å². The summed E-state index contributed by atoms with van der Waals surface area (Å²) >= 11 is 0. The Labute approximate surface area is 73.6 Å².